The molecule has 0 bridgehead atoms. The second-order valence-corrected chi connectivity index (χ2v) is 9.85. The number of fused-ring (bicyclic) bond motifs is 1. The summed E-state index contributed by atoms with van der Waals surface area (Å²) in [6.07, 6.45) is 4.31. The first-order valence-corrected chi connectivity index (χ1v) is 12.6. The summed E-state index contributed by atoms with van der Waals surface area (Å²) in [6.45, 7) is 10.9. The first-order chi connectivity index (χ1) is 15.4. The van der Waals surface area contributed by atoms with Crippen molar-refractivity contribution in [1.29, 1.82) is 0 Å². The van der Waals surface area contributed by atoms with Gasteiger partial charge in [-0.1, -0.05) is 50.1 Å². The number of hydrogen-bond donors (Lipinski definition) is 1. The van der Waals surface area contributed by atoms with Crippen LogP contribution >= 0.6 is 11.8 Å². The van der Waals surface area contributed by atoms with Gasteiger partial charge in [0.2, 0.25) is 5.91 Å². The van der Waals surface area contributed by atoms with E-state index in [2.05, 4.69) is 31.0 Å². The number of aromatic nitrogens is 2. The molecule has 1 aromatic heterocycles. The van der Waals surface area contributed by atoms with Crippen LogP contribution in [0, 0.1) is 0 Å². The lowest BCUT2D eigenvalue weighted by molar-refractivity contribution is -0.119. The molecule has 176 valence electrons. The van der Waals surface area contributed by atoms with E-state index in [-0.39, 0.29) is 22.8 Å². The minimum absolute atomic E-state index is 0.0246. The Bertz CT molecular complexity index is 954. The van der Waals surface area contributed by atoms with Gasteiger partial charge in [-0.2, -0.15) is 0 Å². The number of benzene rings is 1. The second kappa shape index (κ2) is 11.8. The minimum Gasteiger partial charge on any atom is -0.379 e. The Morgan fingerprint density at radius 3 is 2.69 bits per heavy atom. The zero-order chi connectivity index (χ0) is 23.0. The molecule has 0 spiro atoms. The van der Waals surface area contributed by atoms with Crippen LogP contribution in [0.4, 0.5) is 0 Å². The van der Waals surface area contributed by atoms with Gasteiger partial charge in [0.1, 0.15) is 0 Å². The van der Waals surface area contributed by atoms with Crippen LogP contribution < -0.4 is 10.9 Å². The van der Waals surface area contributed by atoms with Gasteiger partial charge in [-0.15, -0.1) is 0 Å². The molecule has 2 aromatic rings. The van der Waals surface area contributed by atoms with Gasteiger partial charge in [-0.05, 0) is 32.4 Å². The molecule has 0 unspecified atom stereocenters. The number of unbranched alkanes of at least 4 members (excludes halogenated alkanes) is 3. The maximum Gasteiger partial charge on any atom is 0.262 e. The van der Waals surface area contributed by atoms with Crippen molar-refractivity contribution in [2.24, 2.45) is 0 Å². The van der Waals surface area contributed by atoms with E-state index >= 15 is 0 Å². The van der Waals surface area contributed by atoms with Crippen LogP contribution in [-0.2, 0) is 16.1 Å². The highest BCUT2D eigenvalue weighted by molar-refractivity contribution is 7.99. The molecule has 1 N–H and O–H groups in total. The topological polar surface area (TPSA) is 76.5 Å². The minimum atomic E-state index is -0.132. The SMILES string of the molecule is CCCCCCn1c(SCC(=O)NCC(C)(C)N2CCOCC2)nc2ccccc2c1=O. The second-order valence-electron chi connectivity index (χ2n) is 8.91. The van der Waals surface area contributed by atoms with Crippen molar-refractivity contribution in [1.82, 2.24) is 19.8 Å². The molecule has 1 aromatic carbocycles. The molecule has 1 aliphatic heterocycles. The van der Waals surface area contributed by atoms with Crippen molar-refractivity contribution < 1.29 is 9.53 Å². The third kappa shape index (κ3) is 6.56. The lowest BCUT2D eigenvalue weighted by atomic mass is 10.0. The Morgan fingerprint density at radius 2 is 1.94 bits per heavy atom. The van der Waals surface area contributed by atoms with Gasteiger partial charge in [-0.25, -0.2) is 4.98 Å². The third-order valence-electron chi connectivity index (χ3n) is 5.98. The van der Waals surface area contributed by atoms with Crippen LogP contribution in [0.2, 0.25) is 0 Å². The maximum atomic E-state index is 13.1. The monoisotopic (exact) mass is 460 g/mol. The van der Waals surface area contributed by atoms with Crippen molar-refractivity contribution in [3.05, 3.63) is 34.6 Å². The quantitative estimate of drug-likeness (QED) is 0.315. The molecule has 32 heavy (non-hydrogen) atoms. The van der Waals surface area contributed by atoms with Crippen molar-refractivity contribution in [2.45, 2.75) is 63.7 Å². The van der Waals surface area contributed by atoms with Crippen molar-refractivity contribution >= 4 is 28.6 Å². The Morgan fingerprint density at radius 1 is 1.19 bits per heavy atom. The lowest BCUT2D eigenvalue weighted by Crippen LogP contribution is -2.55. The van der Waals surface area contributed by atoms with Gasteiger partial charge in [0.05, 0.1) is 29.9 Å². The molecule has 1 fully saturated rings. The number of amides is 1. The summed E-state index contributed by atoms with van der Waals surface area (Å²) in [4.78, 5) is 32.8. The van der Waals surface area contributed by atoms with E-state index in [1.165, 1.54) is 11.8 Å². The van der Waals surface area contributed by atoms with Crippen molar-refractivity contribution in [2.75, 3.05) is 38.6 Å². The summed E-state index contributed by atoms with van der Waals surface area (Å²) >= 11 is 1.34. The Labute approximate surface area is 194 Å². The van der Waals surface area contributed by atoms with Gasteiger partial charge in [-0.3, -0.25) is 19.1 Å². The number of carbonyl (C=O) groups is 1. The van der Waals surface area contributed by atoms with E-state index in [1.54, 1.807) is 4.57 Å². The Hall–Kier alpha value is -1.90. The molecule has 8 heteroatoms. The van der Waals surface area contributed by atoms with Gasteiger partial charge in [0.15, 0.2) is 5.16 Å². The molecule has 1 saturated heterocycles. The van der Waals surface area contributed by atoms with Gasteiger partial charge >= 0.3 is 0 Å². The standard InChI is InChI=1S/C24H36N4O3S/c1-4-5-6-9-12-28-22(30)19-10-7-8-11-20(19)26-23(28)32-17-21(29)25-18-24(2,3)27-13-15-31-16-14-27/h7-8,10-11H,4-6,9,12-18H2,1-3H3,(H,25,29). The number of thioether (sulfide) groups is 1. The molecule has 0 atom stereocenters. The molecule has 1 aliphatic rings. The molecule has 3 rings (SSSR count). The molecule has 2 heterocycles. The molecule has 0 aliphatic carbocycles. The average Bonchev–Trinajstić information content (AvgIpc) is 2.81. The van der Waals surface area contributed by atoms with Gasteiger partial charge in [0, 0.05) is 31.7 Å². The number of morpholine rings is 1. The zero-order valence-corrected chi connectivity index (χ0v) is 20.4. The van der Waals surface area contributed by atoms with Crippen molar-refractivity contribution in [3.63, 3.8) is 0 Å². The predicted octanol–water partition coefficient (Wildman–Crippen LogP) is 3.30. The van der Waals surface area contributed by atoms with Crippen LogP contribution in [-0.4, -0.2) is 64.5 Å². The fourth-order valence-corrected chi connectivity index (χ4v) is 4.78. The molecule has 0 radical (unpaired) electrons. The number of nitrogens with zero attached hydrogens (tertiary/aromatic N) is 3. The van der Waals surface area contributed by atoms with Crippen molar-refractivity contribution in [3.8, 4) is 0 Å². The third-order valence-corrected chi connectivity index (χ3v) is 6.96. The number of para-hydroxylation sites is 1. The summed E-state index contributed by atoms with van der Waals surface area (Å²) in [7, 11) is 0. The highest BCUT2D eigenvalue weighted by Gasteiger charge is 2.28. The Balaban J connectivity index is 1.64. The number of rotatable bonds is 11. The maximum absolute atomic E-state index is 13.1. The normalized spacial score (nSPS) is 15.2. The summed E-state index contributed by atoms with van der Waals surface area (Å²) in [5, 5.41) is 4.31. The predicted molar refractivity (Wildman–Crippen MR) is 130 cm³/mol. The number of ether oxygens (including phenoxy) is 1. The summed E-state index contributed by atoms with van der Waals surface area (Å²) in [6, 6.07) is 7.42. The van der Waals surface area contributed by atoms with E-state index in [4.69, 9.17) is 9.72 Å². The van der Waals surface area contributed by atoms with Gasteiger partial charge in [0.25, 0.3) is 5.56 Å². The van der Waals surface area contributed by atoms with Crippen LogP contribution in [0.5, 0.6) is 0 Å². The Kier molecular flexibility index (Phi) is 9.13. The molecule has 1 amide bonds. The van der Waals surface area contributed by atoms with Crippen LogP contribution in [0.15, 0.2) is 34.2 Å². The van der Waals surface area contributed by atoms with E-state index in [9.17, 15) is 9.59 Å². The van der Waals surface area contributed by atoms with E-state index in [0.29, 0.717) is 29.1 Å². The summed E-state index contributed by atoms with van der Waals surface area (Å²) < 4.78 is 7.18. The molecule has 7 nitrogen and oxygen atoms in total. The molecular weight excluding hydrogens is 424 g/mol. The fraction of sp³-hybridized carbons (Fsp3) is 0.625. The highest BCUT2D eigenvalue weighted by Crippen LogP contribution is 2.19. The van der Waals surface area contributed by atoms with Gasteiger partial charge < -0.3 is 10.1 Å². The average molecular weight is 461 g/mol. The zero-order valence-electron chi connectivity index (χ0n) is 19.6. The van der Waals surface area contributed by atoms with Crippen LogP contribution in [0.1, 0.15) is 46.5 Å². The number of carbonyl (C=O) groups excluding carboxylic acids is 1. The fourth-order valence-electron chi connectivity index (χ4n) is 3.93. The largest absolute Gasteiger partial charge is 0.379 e. The number of nitrogens with one attached hydrogen (secondary N) is 1. The van der Waals surface area contributed by atoms with E-state index in [0.717, 1.165) is 52.0 Å². The van der Waals surface area contributed by atoms with E-state index in [1.807, 2.05) is 24.3 Å². The van der Waals surface area contributed by atoms with Crippen LogP contribution in [0.25, 0.3) is 10.9 Å². The summed E-state index contributed by atoms with van der Waals surface area (Å²) in [5.74, 6) is 0.190. The molecular formula is C24H36N4O3S. The lowest BCUT2D eigenvalue weighted by Gasteiger charge is -2.40. The first kappa shape index (κ1) is 24.7. The highest BCUT2D eigenvalue weighted by atomic mass is 32.2. The van der Waals surface area contributed by atoms with E-state index < -0.39 is 0 Å². The van der Waals surface area contributed by atoms with Crippen LogP contribution in [0.3, 0.4) is 0 Å². The number of hydrogen-bond acceptors (Lipinski definition) is 6. The molecule has 0 saturated carbocycles. The first-order valence-electron chi connectivity index (χ1n) is 11.6. The smallest absolute Gasteiger partial charge is 0.262 e. The summed E-state index contributed by atoms with van der Waals surface area (Å²) in [5.41, 5.74) is 0.522.